The molecular weight excluding hydrogens is 306 g/mol. The van der Waals surface area contributed by atoms with Gasteiger partial charge in [0.2, 0.25) is 0 Å². The number of aryl methyl sites for hydroxylation is 1. The highest BCUT2D eigenvalue weighted by Crippen LogP contribution is 2.25. The van der Waals surface area contributed by atoms with Gasteiger partial charge in [0.05, 0.1) is 6.54 Å². The number of nitrogen functional groups attached to an aromatic ring is 1. The minimum atomic E-state index is -0.213. The summed E-state index contributed by atoms with van der Waals surface area (Å²) in [6, 6.07) is 0. The highest BCUT2D eigenvalue weighted by Gasteiger charge is 2.16. The van der Waals surface area contributed by atoms with Crippen LogP contribution in [0.2, 0.25) is 0 Å². The Morgan fingerprint density at radius 1 is 1.43 bits per heavy atom. The average molecular weight is 325 g/mol. The van der Waals surface area contributed by atoms with Crippen LogP contribution >= 0.6 is 22.7 Å². The molecule has 6 nitrogen and oxygen atoms in total. The van der Waals surface area contributed by atoms with E-state index in [1.54, 1.807) is 17.5 Å². The molecule has 0 aliphatic rings. The number of hydrogen-bond donors (Lipinski definition) is 3. The molecule has 0 bridgehead atoms. The van der Waals surface area contributed by atoms with E-state index < -0.39 is 0 Å². The Morgan fingerprint density at radius 2 is 2.19 bits per heavy atom. The van der Waals surface area contributed by atoms with Crippen molar-refractivity contribution in [2.24, 2.45) is 5.92 Å². The molecule has 0 spiro atoms. The van der Waals surface area contributed by atoms with Crippen LogP contribution in [0.5, 0.6) is 0 Å². The summed E-state index contributed by atoms with van der Waals surface area (Å²) in [5.41, 5.74) is 5.81. The van der Waals surface area contributed by atoms with E-state index in [4.69, 9.17) is 5.73 Å². The van der Waals surface area contributed by atoms with Crippen molar-refractivity contribution < 1.29 is 4.79 Å². The second-order valence-electron chi connectivity index (χ2n) is 5.06. The first kappa shape index (κ1) is 15.7. The van der Waals surface area contributed by atoms with Crippen LogP contribution in [0.25, 0.3) is 0 Å². The summed E-state index contributed by atoms with van der Waals surface area (Å²) >= 11 is 2.84. The summed E-state index contributed by atoms with van der Waals surface area (Å²) in [5.74, 6) is 0.551. The van der Waals surface area contributed by atoms with Gasteiger partial charge in [-0.3, -0.25) is 4.79 Å². The Hall–Kier alpha value is -1.67. The van der Waals surface area contributed by atoms with E-state index in [1.807, 2.05) is 6.92 Å². The molecule has 0 aromatic carbocycles. The van der Waals surface area contributed by atoms with Gasteiger partial charge < -0.3 is 16.4 Å². The molecule has 4 N–H and O–H groups in total. The van der Waals surface area contributed by atoms with Crippen molar-refractivity contribution in [1.82, 2.24) is 15.3 Å². The van der Waals surface area contributed by atoms with Gasteiger partial charge in [-0.2, -0.15) is 0 Å². The Balaban J connectivity index is 1.95. The zero-order valence-electron chi connectivity index (χ0n) is 12.3. The van der Waals surface area contributed by atoms with Crippen LogP contribution in [0.15, 0.2) is 6.20 Å². The van der Waals surface area contributed by atoms with Crippen molar-refractivity contribution in [3.8, 4) is 0 Å². The summed E-state index contributed by atoms with van der Waals surface area (Å²) in [5, 5.41) is 7.55. The number of carbonyl (C=O) groups is 1. The lowest BCUT2D eigenvalue weighted by molar-refractivity contribution is 0.0955. The average Bonchev–Trinajstić information content (AvgIpc) is 3.00. The van der Waals surface area contributed by atoms with E-state index in [0.717, 1.165) is 16.4 Å². The van der Waals surface area contributed by atoms with Gasteiger partial charge in [0.1, 0.15) is 15.7 Å². The second-order valence-corrected chi connectivity index (χ2v) is 7.37. The minimum Gasteiger partial charge on any atom is -0.382 e. The van der Waals surface area contributed by atoms with Crippen molar-refractivity contribution in [1.29, 1.82) is 0 Å². The highest BCUT2D eigenvalue weighted by atomic mass is 32.1. The first-order chi connectivity index (χ1) is 9.95. The molecule has 2 rings (SSSR count). The lowest BCUT2D eigenvalue weighted by Gasteiger charge is -2.04. The number of nitrogens with two attached hydrogens (primary N) is 1. The number of thiazole rings is 2. The fourth-order valence-corrected chi connectivity index (χ4v) is 3.12. The van der Waals surface area contributed by atoms with Crippen molar-refractivity contribution >= 4 is 39.5 Å². The Labute approximate surface area is 131 Å². The van der Waals surface area contributed by atoms with Crippen LogP contribution in [-0.2, 0) is 6.54 Å². The molecule has 0 saturated heterocycles. The lowest BCUT2D eigenvalue weighted by Crippen LogP contribution is -2.22. The number of anilines is 2. The van der Waals surface area contributed by atoms with Crippen molar-refractivity contribution in [3.05, 3.63) is 21.0 Å². The van der Waals surface area contributed by atoms with E-state index in [-0.39, 0.29) is 11.7 Å². The Morgan fingerprint density at radius 3 is 2.81 bits per heavy atom. The summed E-state index contributed by atoms with van der Waals surface area (Å²) in [6.45, 7) is 7.40. The predicted octanol–water partition coefficient (Wildman–Crippen LogP) is 2.49. The van der Waals surface area contributed by atoms with Gasteiger partial charge in [0.15, 0.2) is 5.13 Å². The van der Waals surface area contributed by atoms with Crippen molar-refractivity contribution in [2.75, 3.05) is 17.6 Å². The zero-order chi connectivity index (χ0) is 15.4. The van der Waals surface area contributed by atoms with Crippen LogP contribution < -0.4 is 16.4 Å². The summed E-state index contributed by atoms with van der Waals surface area (Å²) < 4.78 is 0. The number of aromatic nitrogens is 2. The third-order valence-electron chi connectivity index (χ3n) is 2.59. The van der Waals surface area contributed by atoms with Crippen LogP contribution in [0, 0.1) is 12.8 Å². The fourth-order valence-electron chi connectivity index (χ4n) is 1.58. The molecule has 2 aromatic heterocycles. The van der Waals surface area contributed by atoms with Gasteiger partial charge in [-0.1, -0.05) is 25.2 Å². The molecule has 1 amide bonds. The van der Waals surface area contributed by atoms with E-state index >= 15 is 0 Å². The van der Waals surface area contributed by atoms with Gasteiger partial charge >= 0.3 is 0 Å². The maximum atomic E-state index is 12.1. The molecule has 0 radical (unpaired) electrons. The van der Waals surface area contributed by atoms with E-state index in [1.165, 1.54) is 11.3 Å². The van der Waals surface area contributed by atoms with Gasteiger partial charge in [0, 0.05) is 17.6 Å². The van der Waals surface area contributed by atoms with Gasteiger partial charge in [-0.25, -0.2) is 9.97 Å². The van der Waals surface area contributed by atoms with Gasteiger partial charge in [-0.05, 0) is 12.8 Å². The van der Waals surface area contributed by atoms with Crippen LogP contribution in [0.3, 0.4) is 0 Å². The molecule has 2 heterocycles. The Bertz CT molecular complexity index is 620. The predicted molar refractivity (Wildman–Crippen MR) is 87.9 cm³/mol. The van der Waals surface area contributed by atoms with E-state index in [2.05, 4.69) is 34.4 Å². The standard InChI is InChI=1S/C13H19N5OS2/c1-7(2)4-17-13-18-11(14)10(21-13)12(19)16-6-9-15-5-8(3)20-9/h5,7H,4,6,14H2,1-3H3,(H,16,19)(H,17,18). The first-order valence-electron chi connectivity index (χ1n) is 6.65. The molecule has 21 heavy (non-hydrogen) atoms. The zero-order valence-corrected chi connectivity index (χ0v) is 13.9. The molecule has 8 heteroatoms. The topological polar surface area (TPSA) is 92.9 Å². The Kier molecular flexibility index (Phi) is 5.13. The maximum absolute atomic E-state index is 12.1. The number of nitrogens with zero attached hydrogens (tertiary/aromatic N) is 2. The van der Waals surface area contributed by atoms with E-state index in [9.17, 15) is 4.79 Å². The molecule has 0 unspecified atom stereocenters. The van der Waals surface area contributed by atoms with Crippen molar-refractivity contribution in [2.45, 2.75) is 27.3 Å². The highest BCUT2D eigenvalue weighted by molar-refractivity contribution is 7.18. The molecule has 0 fully saturated rings. The van der Waals surface area contributed by atoms with Crippen LogP contribution in [0.1, 0.15) is 33.4 Å². The molecule has 114 valence electrons. The quantitative estimate of drug-likeness (QED) is 0.759. The number of rotatable bonds is 6. The molecular formula is C13H19N5OS2. The fraction of sp³-hybridized carbons (Fsp3) is 0.462. The third kappa shape index (κ3) is 4.40. The normalized spacial score (nSPS) is 10.9. The molecule has 2 aromatic rings. The summed E-state index contributed by atoms with van der Waals surface area (Å²) in [7, 11) is 0. The summed E-state index contributed by atoms with van der Waals surface area (Å²) in [6.07, 6.45) is 1.79. The smallest absolute Gasteiger partial charge is 0.265 e. The second kappa shape index (κ2) is 6.86. The first-order valence-corrected chi connectivity index (χ1v) is 8.28. The lowest BCUT2D eigenvalue weighted by atomic mass is 10.2. The number of hydrogen-bond acceptors (Lipinski definition) is 7. The SMILES string of the molecule is Cc1cnc(CNC(=O)c2sc(NCC(C)C)nc2N)s1. The third-order valence-corrected chi connectivity index (χ3v) is 4.53. The van der Waals surface area contributed by atoms with Crippen LogP contribution in [-0.4, -0.2) is 22.4 Å². The number of amides is 1. The number of nitrogens with one attached hydrogen (secondary N) is 2. The maximum Gasteiger partial charge on any atom is 0.265 e. The largest absolute Gasteiger partial charge is 0.382 e. The van der Waals surface area contributed by atoms with E-state index in [0.29, 0.717) is 22.5 Å². The summed E-state index contributed by atoms with van der Waals surface area (Å²) in [4.78, 5) is 22.1. The molecule has 0 aliphatic heterocycles. The monoisotopic (exact) mass is 325 g/mol. The van der Waals surface area contributed by atoms with Crippen LogP contribution in [0.4, 0.5) is 10.9 Å². The number of carbonyl (C=O) groups excluding carboxylic acids is 1. The van der Waals surface area contributed by atoms with Gasteiger partial charge in [-0.15, -0.1) is 11.3 Å². The van der Waals surface area contributed by atoms with Gasteiger partial charge in [0.25, 0.3) is 5.91 Å². The molecule has 0 saturated carbocycles. The molecule has 0 atom stereocenters. The van der Waals surface area contributed by atoms with Crippen molar-refractivity contribution in [3.63, 3.8) is 0 Å². The minimum absolute atomic E-state index is 0.213. The molecule has 0 aliphatic carbocycles.